The summed E-state index contributed by atoms with van der Waals surface area (Å²) in [6.45, 7) is 15.7. The molecule has 1 aromatic carbocycles. The molecule has 220 valence electrons. The fourth-order valence-electron chi connectivity index (χ4n) is 7.12. The van der Waals surface area contributed by atoms with Gasteiger partial charge in [0, 0.05) is 31.0 Å². The molecule has 4 rings (SSSR count). The highest BCUT2D eigenvalue weighted by Gasteiger charge is 2.75. The second kappa shape index (κ2) is 12.3. The average Bonchev–Trinajstić information content (AvgIpc) is 3.58. The van der Waals surface area contributed by atoms with Crippen LogP contribution in [0.1, 0.15) is 53.9 Å². The van der Waals surface area contributed by atoms with E-state index in [1.54, 1.807) is 22.8 Å². The van der Waals surface area contributed by atoms with Crippen LogP contribution in [0.4, 0.5) is 11.4 Å². The molecule has 1 aromatic rings. The van der Waals surface area contributed by atoms with Crippen LogP contribution in [-0.4, -0.2) is 84.4 Å². The number of aliphatic hydroxyl groups is 1. The number of ether oxygens (including phenoxy) is 2. The summed E-state index contributed by atoms with van der Waals surface area (Å²) >= 11 is 0. The van der Waals surface area contributed by atoms with Crippen molar-refractivity contribution in [2.24, 2.45) is 17.8 Å². The van der Waals surface area contributed by atoms with Crippen LogP contribution < -0.4 is 9.80 Å². The van der Waals surface area contributed by atoms with Gasteiger partial charge in [0.2, 0.25) is 5.91 Å². The Morgan fingerprint density at radius 3 is 2.40 bits per heavy atom. The van der Waals surface area contributed by atoms with Gasteiger partial charge in [-0.1, -0.05) is 19.9 Å². The summed E-state index contributed by atoms with van der Waals surface area (Å²) in [6, 6.07) is 6.26. The van der Waals surface area contributed by atoms with Crippen LogP contribution in [-0.2, 0) is 23.9 Å². The molecule has 2 bridgehead atoms. The number of fused-ring (bicyclic) bond motifs is 1. The Balaban J connectivity index is 1.78. The number of hydrogen-bond donors (Lipinski definition) is 1. The molecule has 2 unspecified atom stereocenters. The van der Waals surface area contributed by atoms with Crippen LogP contribution in [0.2, 0.25) is 0 Å². The van der Waals surface area contributed by atoms with E-state index in [0.717, 1.165) is 18.8 Å². The van der Waals surface area contributed by atoms with Crippen LogP contribution in [0.3, 0.4) is 0 Å². The molecule has 1 N–H and O–H groups in total. The zero-order chi connectivity index (χ0) is 29.2. The average molecular weight is 556 g/mol. The monoisotopic (exact) mass is 555 g/mol. The van der Waals surface area contributed by atoms with E-state index >= 15 is 0 Å². The van der Waals surface area contributed by atoms with E-state index in [4.69, 9.17) is 9.47 Å². The predicted molar refractivity (Wildman–Crippen MR) is 154 cm³/mol. The van der Waals surface area contributed by atoms with Gasteiger partial charge in [0.15, 0.2) is 0 Å². The van der Waals surface area contributed by atoms with Crippen molar-refractivity contribution >= 4 is 29.2 Å². The summed E-state index contributed by atoms with van der Waals surface area (Å²) in [6.07, 6.45) is 2.77. The lowest BCUT2D eigenvalue weighted by Crippen LogP contribution is -2.59. The maximum absolute atomic E-state index is 14.7. The number of anilines is 2. The van der Waals surface area contributed by atoms with E-state index in [1.165, 1.54) is 0 Å². The van der Waals surface area contributed by atoms with Gasteiger partial charge >= 0.3 is 5.97 Å². The molecular weight excluding hydrogens is 510 g/mol. The Morgan fingerprint density at radius 2 is 1.85 bits per heavy atom. The third-order valence-corrected chi connectivity index (χ3v) is 8.75. The van der Waals surface area contributed by atoms with E-state index in [-0.39, 0.29) is 37.5 Å². The van der Waals surface area contributed by atoms with Crippen LogP contribution in [0.25, 0.3) is 0 Å². The second-order valence-electron chi connectivity index (χ2n) is 11.4. The zero-order valence-electron chi connectivity index (χ0n) is 24.5. The van der Waals surface area contributed by atoms with Crippen LogP contribution in [0, 0.1) is 17.8 Å². The number of hydrogen-bond acceptors (Lipinski definition) is 7. The minimum Gasteiger partial charge on any atom is -0.466 e. The number of aliphatic hydroxyl groups excluding tert-OH is 1. The number of rotatable bonds is 13. The highest BCUT2D eigenvalue weighted by atomic mass is 16.6. The van der Waals surface area contributed by atoms with Gasteiger partial charge in [-0.2, -0.15) is 0 Å². The Labute approximate surface area is 238 Å². The van der Waals surface area contributed by atoms with Crippen molar-refractivity contribution in [1.82, 2.24) is 4.90 Å². The van der Waals surface area contributed by atoms with Crippen molar-refractivity contribution in [3.8, 4) is 0 Å². The number of carbonyl (C=O) groups excluding carboxylic acids is 3. The minimum absolute atomic E-state index is 0.175. The third-order valence-electron chi connectivity index (χ3n) is 8.75. The largest absolute Gasteiger partial charge is 0.466 e. The fourth-order valence-corrected chi connectivity index (χ4v) is 7.12. The molecule has 0 saturated carbocycles. The molecule has 3 aliphatic heterocycles. The molecule has 0 radical (unpaired) electrons. The van der Waals surface area contributed by atoms with Crippen molar-refractivity contribution in [3.63, 3.8) is 0 Å². The summed E-state index contributed by atoms with van der Waals surface area (Å²) in [5.41, 5.74) is 0.594. The zero-order valence-corrected chi connectivity index (χ0v) is 24.5. The quantitative estimate of drug-likeness (QED) is 0.294. The molecule has 3 saturated heterocycles. The van der Waals surface area contributed by atoms with E-state index in [1.807, 2.05) is 38.1 Å². The van der Waals surface area contributed by atoms with Crippen molar-refractivity contribution < 1.29 is 29.0 Å². The first-order valence-corrected chi connectivity index (χ1v) is 14.7. The lowest BCUT2D eigenvalue weighted by atomic mass is 9.70. The molecule has 3 heterocycles. The molecule has 40 heavy (non-hydrogen) atoms. The van der Waals surface area contributed by atoms with E-state index < -0.39 is 41.6 Å². The summed E-state index contributed by atoms with van der Waals surface area (Å²) in [7, 11) is 0. The van der Waals surface area contributed by atoms with Crippen molar-refractivity contribution in [3.05, 3.63) is 36.9 Å². The maximum atomic E-state index is 14.7. The van der Waals surface area contributed by atoms with E-state index in [2.05, 4.69) is 25.3 Å². The summed E-state index contributed by atoms with van der Waals surface area (Å²) in [4.78, 5) is 47.4. The van der Waals surface area contributed by atoms with Crippen LogP contribution in [0.5, 0.6) is 0 Å². The molecular formula is C31H45N3O6. The van der Waals surface area contributed by atoms with Gasteiger partial charge < -0.3 is 29.3 Å². The number of amides is 2. The first-order valence-electron chi connectivity index (χ1n) is 14.7. The predicted octanol–water partition coefficient (Wildman–Crippen LogP) is 3.40. The molecule has 9 nitrogen and oxygen atoms in total. The lowest BCUT2D eigenvalue weighted by molar-refractivity contribution is -0.155. The number of nitrogens with zero attached hydrogens (tertiary/aromatic N) is 3. The summed E-state index contributed by atoms with van der Waals surface area (Å²) in [5.74, 6) is -2.47. The van der Waals surface area contributed by atoms with Crippen molar-refractivity contribution in [2.75, 3.05) is 42.6 Å². The Hall–Kier alpha value is -2.91. The first-order chi connectivity index (χ1) is 19.2. The SMILES string of the molecule is C=CCN(C(=O)C1N([C@@H](CO)CC(C)C)C(=O)[C@@H]2[C@@H](C(=O)OCC)[C@H]3CCC12O3)c1ccc(N(CC)CC)cc1. The second-order valence-corrected chi connectivity index (χ2v) is 11.4. The van der Waals surface area contributed by atoms with Gasteiger partial charge in [-0.15, -0.1) is 6.58 Å². The molecule has 9 heteroatoms. The first kappa shape index (κ1) is 30.1. The van der Waals surface area contributed by atoms with Crippen molar-refractivity contribution in [2.45, 2.75) is 77.7 Å². The van der Waals surface area contributed by atoms with E-state index in [0.29, 0.717) is 24.9 Å². The van der Waals surface area contributed by atoms with Gasteiger partial charge in [-0.3, -0.25) is 14.4 Å². The molecule has 1 spiro atoms. The highest BCUT2D eigenvalue weighted by molar-refractivity contribution is 6.05. The topological polar surface area (TPSA) is 99.6 Å². The molecule has 3 aliphatic rings. The molecule has 6 atom stereocenters. The van der Waals surface area contributed by atoms with Gasteiger partial charge in [0.25, 0.3) is 5.91 Å². The molecule has 2 amide bonds. The maximum Gasteiger partial charge on any atom is 0.312 e. The Kier molecular flexibility index (Phi) is 9.25. The molecule has 0 aromatic heterocycles. The minimum atomic E-state index is -1.15. The summed E-state index contributed by atoms with van der Waals surface area (Å²) < 4.78 is 11.9. The van der Waals surface area contributed by atoms with Crippen molar-refractivity contribution in [1.29, 1.82) is 0 Å². The lowest BCUT2D eigenvalue weighted by Gasteiger charge is -2.39. The molecule has 3 fully saturated rings. The summed E-state index contributed by atoms with van der Waals surface area (Å²) in [5, 5.41) is 10.5. The smallest absolute Gasteiger partial charge is 0.312 e. The Bertz CT molecular complexity index is 1090. The van der Waals surface area contributed by atoms with Crippen LogP contribution >= 0.6 is 0 Å². The standard InChI is InChI=1S/C31H45N3O6/c1-7-17-33(22-13-11-21(12-14-22)32(8-2)9-3)29(37)27-31-16-15-24(40-31)25(30(38)39-10-4)26(31)28(36)34(27)23(19-35)18-20(5)6/h7,11-14,20,23-27,35H,1,8-10,15-19H2,2-6H3/t23-,24-,25+,26+,27?,31?/m1/s1. The van der Waals surface area contributed by atoms with Gasteiger partial charge in [0.1, 0.15) is 11.6 Å². The molecule has 0 aliphatic carbocycles. The number of benzene rings is 1. The van der Waals surface area contributed by atoms with Crippen LogP contribution in [0.15, 0.2) is 36.9 Å². The van der Waals surface area contributed by atoms with Gasteiger partial charge in [0.05, 0.1) is 37.2 Å². The van der Waals surface area contributed by atoms with Gasteiger partial charge in [-0.05, 0) is 70.2 Å². The van der Waals surface area contributed by atoms with Gasteiger partial charge in [-0.25, -0.2) is 0 Å². The number of esters is 1. The highest BCUT2D eigenvalue weighted by Crippen LogP contribution is 2.59. The van der Waals surface area contributed by atoms with E-state index in [9.17, 15) is 19.5 Å². The number of likely N-dealkylation sites (tertiary alicyclic amines) is 1. The third kappa shape index (κ3) is 5.02. The fraction of sp³-hybridized carbons (Fsp3) is 0.645. The normalized spacial score (nSPS) is 27.6. The number of carbonyl (C=O) groups is 3. The Morgan fingerprint density at radius 1 is 1.20 bits per heavy atom.